The van der Waals surface area contributed by atoms with E-state index in [1.165, 1.54) is 0 Å². The molecule has 0 spiro atoms. The average Bonchev–Trinajstić information content (AvgIpc) is 3.21. The van der Waals surface area contributed by atoms with Crippen LogP contribution in [0, 0.1) is 5.92 Å². The van der Waals surface area contributed by atoms with Crippen molar-refractivity contribution in [3.05, 3.63) is 59.2 Å². The second kappa shape index (κ2) is 14.7. The van der Waals surface area contributed by atoms with Gasteiger partial charge in [0.2, 0.25) is 0 Å². The van der Waals surface area contributed by atoms with Gasteiger partial charge in [0, 0.05) is 18.7 Å². The number of aliphatic hydroxyl groups excluding tert-OH is 1. The van der Waals surface area contributed by atoms with E-state index in [0.717, 1.165) is 25.9 Å². The number of hydrogen-bond acceptors (Lipinski definition) is 7. The number of Topliss-reactive ketones (excluding diaryl/α,β-unsaturated/α-hetero) is 1. The number of ether oxygens (including phenoxy) is 3. The van der Waals surface area contributed by atoms with Gasteiger partial charge in [-0.25, -0.2) is 0 Å². The molecule has 0 radical (unpaired) electrons. The summed E-state index contributed by atoms with van der Waals surface area (Å²) in [6, 6.07) is 11.6. The van der Waals surface area contributed by atoms with E-state index in [-0.39, 0.29) is 11.3 Å². The number of unbranched alkanes of at least 4 members (excludes halogenated alkanes) is 1. The summed E-state index contributed by atoms with van der Waals surface area (Å²) in [7, 11) is 1.56. The lowest BCUT2D eigenvalue weighted by molar-refractivity contribution is -0.140. The highest BCUT2D eigenvalue weighted by Crippen LogP contribution is 2.42. The third kappa shape index (κ3) is 7.36. The van der Waals surface area contributed by atoms with Gasteiger partial charge in [0.05, 0.1) is 31.9 Å². The molecule has 0 aliphatic carbocycles. The molecular weight excluding hydrogens is 508 g/mol. The second-order valence-electron chi connectivity index (χ2n) is 10.4. The van der Waals surface area contributed by atoms with Crippen molar-refractivity contribution in [3.8, 4) is 17.2 Å². The first-order valence-corrected chi connectivity index (χ1v) is 14.3. The van der Waals surface area contributed by atoms with Crippen LogP contribution in [0.1, 0.15) is 64.6 Å². The number of hydrogen-bond donors (Lipinski definition) is 1. The highest BCUT2D eigenvalue weighted by molar-refractivity contribution is 6.46. The van der Waals surface area contributed by atoms with Crippen LogP contribution in [0.4, 0.5) is 0 Å². The van der Waals surface area contributed by atoms with E-state index in [4.69, 9.17) is 14.2 Å². The van der Waals surface area contributed by atoms with Gasteiger partial charge in [-0.2, -0.15) is 0 Å². The van der Waals surface area contributed by atoms with Crippen LogP contribution in [0.3, 0.4) is 0 Å². The van der Waals surface area contributed by atoms with Gasteiger partial charge in [-0.05, 0) is 67.4 Å². The maximum absolute atomic E-state index is 13.4. The number of rotatable bonds is 15. The molecule has 2 aromatic rings. The van der Waals surface area contributed by atoms with Crippen molar-refractivity contribution in [1.29, 1.82) is 0 Å². The number of nitrogens with zero attached hydrogens (tertiary/aromatic N) is 2. The summed E-state index contributed by atoms with van der Waals surface area (Å²) in [6.07, 6.45) is 1.92. The highest BCUT2D eigenvalue weighted by Gasteiger charge is 2.46. The smallest absolute Gasteiger partial charge is 0.295 e. The van der Waals surface area contributed by atoms with Gasteiger partial charge in [-0.1, -0.05) is 47.1 Å². The van der Waals surface area contributed by atoms with Gasteiger partial charge < -0.3 is 29.1 Å². The van der Waals surface area contributed by atoms with Crippen LogP contribution in [0.15, 0.2) is 48.0 Å². The van der Waals surface area contributed by atoms with Gasteiger partial charge >= 0.3 is 0 Å². The summed E-state index contributed by atoms with van der Waals surface area (Å²) < 4.78 is 17.3. The van der Waals surface area contributed by atoms with Gasteiger partial charge in [0.15, 0.2) is 11.5 Å². The summed E-state index contributed by atoms with van der Waals surface area (Å²) in [4.78, 5) is 30.5. The van der Waals surface area contributed by atoms with Crippen LogP contribution < -0.4 is 14.2 Å². The first kappa shape index (κ1) is 31.0. The van der Waals surface area contributed by atoms with Crippen LogP contribution >= 0.6 is 0 Å². The standard InChI is InChI=1S/C32H44N2O6/c1-7-10-19-39-26-16-13-24(20-27(26)38-6)29-28(31(36)32(37)34(29)18-17-33(8-2)9-3)30(35)23-11-14-25(15-12-23)40-21-22(4)5/h11-16,20,22,29,35H,7-10,17-19,21H2,1-6H3/b30-28+. The lowest BCUT2D eigenvalue weighted by Gasteiger charge is -2.28. The van der Waals surface area contributed by atoms with E-state index in [2.05, 4.69) is 39.5 Å². The van der Waals surface area contributed by atoms with Gasteiger partial charge in [-0.3, -0.25) is 9.59 Å². The molecule has 1 aliphatic heterocycles. The first-order chi connectivity index (χ1) is 19.2. The maximum atomic E-state index is 13.4. The zero-order valence-corrected chi connectivity index (χ0v) is 24.7. The summed E-state index contributed by atoms with van der Waals surface area (Å²) >= 11 is 0. The molecule has 1 atom stereocenters. The second-order valence-corrected chi connectivity index (χ2v) is 10.4. The zero-order chi connectivity index (χ0) is 29.2. The van der Waals surface area contributed by atoms with Gasteiger partial charge in [0.25, 0.3) is 11.7 Å². The number of methoxy groups -OCH3 is 1. The Morgan fingerprint density at radius 3 is 2.30 bits per heavy atom. The Balaban J connectivity index is 2.05. The molecule has 1 amide bonds. The maximum Gasteiger partial charge on any atom is 0.295 e. The third-order valence-corrected chi connectivity index (χ3v) is 7.06. The summed E-state index contributed by atoms with van der Waals surface area (Å²) in [5, 5.41) is 11.4. The van der Waals surface area contributed by atoms with Gasteiger partial charge in [0.1, 0.15) is 11.5 Å². The van der Waals surface area contributed by atoms with Crippen molar-refractivity contribution in [1.82, 2.24) is 9.80 Å². The Kier molecular flexibility index (Phi) is 11.4. The Morgan fingerprint density at radius 1 is 1.00 bits per heavy atom. The first-order valence-electron chi connectivity index (χ1n) is 14.3. The molecular formula is C32H44N2O6. The number of carbonyl (C=O) groups excluding carboxylic acids is 2. The molecule has 1 aliphatic rings. The van der Waals surface area contributed by atoms with Crippen molar-refractivity contribution in [2.75, 3.05) is 46.5 Å². The Bertz CT molecular complexity index is 1170. The van der Waals surface area contributed by atoms with E-state index in [1.54, 1.807) is 48.4 Å². The quantitative estimate of drug-likeness (QED) is 0.132. The van der Waals surface area contributed by atoms with Crippen LogP contribution in [0.25, 0.3) is 5.76 Å². The third-order valence-electron chi connectivity index (χ3n) is 7.06. The van der Waals surface area contributed by atoms with Crippen molar-refractivity contribution >= 4 is 17.4 Å². The predicted octanol–water partition coefficient (Wildman–Crippen LogP) is 5.67. The molecule has 0 saturated carbocycles. The fourth-order valence-corrected chi connectivity index (χ4v) is 4.67. The normalized spacial score (nSPS) is 16.7. The molecule has 40 heavy (non-hydrogen) atoms. The summed E-state index contributed by atoms with van der Waals surface area (Å²) in [5.74, 6) is 0.602. The van der Waals surface area contributed by atoms with E-state index >= 15 is 0 Å². The van der Waals surface area contributed by atoms with Crippen molar-refractivity contribution < 1.29 is 28.9 Å². The number of ketones is 1. The van der Waals surface area contributed by atoms with E-state index in [0.29, 0.717) is 60.6 Å². The number of benzene rings is 2. The molecule has 1 heterocycles. The van der Waals surface area contributed by atoms with Crippen LogP contribution in [0.5, 0.6) is 17.2 Å². The molecule has 0 aromatic heterocycles. The lowest BCUT2D eigenvalue weighted by atomic mass is 9.95. The van der Waals surface area contributed by atoms with Gasteiger partial charge in [-0.15, -0.1) is 0 Å². The summed E-state index contributed by atoms with van der Waals surface area (Å²) in [5.41, 5.74) is 1.16. The number of likely N-dealkylation sites (N-methyl/N-ethyl adjacent to an activating group) is 1. The van der Waals surface area contributed by atoms with Crippen LogP contribution in [-0.2, 0) is 9.59 Å². The van der Waals surface area contributed by atoms with Crippen molar-refractivity contribution in [2.45, 2.75) is 53.5 Å². The predicted molar refractivity (Wildman–Crippen MR) is 157 cm³/mol. The highest BCUT2D eigenvalue weighted by atomic mass is 16.5. The molecule has 1 fully saturated rings. The molecule has 1 unspecified atom stereocenters. The SMILES string of the molecule is CCCCOc1ccc(C2/C(=C(\O)c3ccc(OCC(C)C)cc3)C(=O)C(=O)N2CCN(CC)CC)cc1OC. The number of likely N-dealkylation sites (tertiary alicyclic amines) is 1. The minimum absolute atomic E-state index is 0.0575. The number of carbonyl (C=O) groups is 2. The Morgan fingerprint density at radius 2 is 1.70 bits per heavy atom. The van der Waals surface area contributed by atoms with Crippen LogP contribution in [-0.4, -0.2) is 73.1 Å². The molecule has 2 aromatic carbocycles. The molecule has 8 heteroatoms. The summed E-state index contributed by atoms with van der Waals surface area (Å²) in [6.45, 7) is 14.1. The zero-order valence-electron chi connectivity index (χ0n) is 24.7. The van der Waals surface area contributed by atoms with Crippen LogP contribution in [0.2, 0.25) is 0 Å². The fourth-order valence-electron chi connectivity index (χ4n) is 4.67. The number of amides is 1. The number of aliphatic hydroxyl groups is 1. The monoisotopic (exact) mass is 552 g/mol. The van der Waals surface area contributed by atoms with E-state index in [9.17, 15) is 14.7 Å². The van der Waals surface area contributed by atoms with E-state index in [1.807, 2.05) is 6.07 Å². The van der Waals surface area contributed by atoms with E-state index < -0.39 is 17.7 Å². The minimum atomic E-state index is -0.772. The molecule has 1 N–H and O–H groups in total. The Hall–Kier alpha value is -3.52. The fraction of sp³-hybridized carbons (Fsp3) is 0.500. The molecule has 8 nitrogen and oxygen atoms in total. The molecule has 3 rings (SSSR count). The largest absolute Gasteiger partial charge is 0.507 e. The van der Waals surface area contributed by atoms with Crippen molar-refractivity contribution in [2.24, 2.45) is 5.92 Å². The average molecular weight is 553 g/mol. The Labute approximate surface area is 238 Å². The minimum Gasteiger partial charge on any atom is -0.507 e. The topological polar surface area (TPSA) is 88.5 Å². The molecule has 218 valence electrons. The molecule has 1 saturated heterocycles. The van der Waals surface area contributed by atoms with Crippen molar-refractivity contribution in [3.63, 3.8) is 0 Å². The lowest BCUT2D eigenvalue weighted by Crippen LogP contribution is -2.38. The molecule has 0 bridgehead atoms.